The third-order valence-corrected chi connectivity index (χ3v) is 2.95. The molecular formula is C15H14ClN3O2. The topological polar surface area (TPSA) is 71.1 Å². The third kappa shape index (κ3) is 4.57. The van der Waals surface area contributed by atoms with Crippen molar-refractivity contribution in [2.75, 3.05) is 5.32 Å². The molecular weight excluding hydrogens is 290 g/mol. The standard InChI is InChI=1S/C15H14ClN3O2/c1-10(20)18-9-14-8-11(6-7-17-14)15(21)19-13-4-2-12(16)3-5-13/h2-8H,9H2,1H3,(H,18,20)(H,19,21). The van der Waals surface area contributed by atoms with Crippen molar-refractivity contribution in [2.24, 2.45) is 0 Å². The van der Waals surface area contributed by atoms with E-state index in [0.29, 0.717) is 22.0 Å². The molecule has 2 N–H and O–H groups in total. The van der Waals surface area contributed by atoms with Gasteiger partial charge in [0.2, 0.25) is 5.91 Å². The van der Waals surface area contributed by atoms with Crippen LogP contribution in [-0.4, -0.2) is 16.8 Å². The number of hydrogen-bond donors (Lipinski definition) is 2. The van der Waals surface area contributed by atoms with Gasteiger partial charge in [0.1, 0.15) is 0 Å². The SMILES string of the molecule is CC(=O)NCc1cc(C(=O)Nc2ccc(Cl)cc2)ccn1. The highest BCUT2D eigenvalue weighted by Gasteiger charge is 2.07. The Morgan fingerprint density at radius 2 is 1.90 bits per heavy atom. The lowest BCUT2D eigenvalue weighted by Crippen LogP contribution is -2.20. The summed E-state index contributed by atoms with van der Waals surface area (Å²) in [6.07, 6.45) is 1.54. The molecule has 6 heteroatoms. The van der Waals surface area contributed by atoms with Gasteiger partial charge in [0.15, 0.2) is 0 Å². The number of carbonyl (C=O) groups excluding carboxylic acids is 2. The average molecular weight is 304 g/mol. The Hall–Kier alpha value is -2.40. The van der Waals surface area contributed by atoms with E-state index in [4.69, 9.17) is 11.6 Å². The number of hydrogen-bond acceptors (Lipinski definition) is 3. The molecule has 0 radical (unpaired) electrons. The van der Waals surface area contributed by atoms with Crippen LogP contribution in [0.4, 0.5) is 5.69 Å². The number of nitrogens with one attached hydrogen (secondary N) is 2. The highest BCUT2D eigenvalue weighted by molar-refractivity contribution is 6.30. The number of nitrogens with zero attached hydrogens (tertiary/aromatic N) is 1. The second-order valence-electron chi connectivity index (χ2n) is 4.41. The van der Waals surface area contributed by atoms with Gasteiger partial charge in [-0.1, -0.05) is 11.6 Å². The lowest BCUT2D eigenvalue weighted by molar-refractivity contribution is -0.119. The average Bonchev–Trinajstić information content (AvgIpc) is 2.48. The Morgan fingerprint density at radius 1 is 1.19 bits per heavy atom. The van der Waals surface area contributed by atoms with Gasteiger partial charge in [0, 0.05) is 29.4 Å². The van der Waals surface area contributed by atoms with Crippen LogP contribution in [0.1, 0.15) is 23.0 Å². The molecule has 21 heavy (non-hydrogen) atoms. The minimum Gasteiger partial charge on any atom is -0.351 e. The van der Waals surface area contributed by atoms with E-state index in [1.807, 2.05) is 0 Å². The first-order valence-electron chi connectivity index (χ1n) is 6.31. The van der Waals surface area contributed by atoms with Gasteiger partial charge >= 0.3 is 0 Å². The Kier molecular flexibility index (Phi) is 4.90. The fourth-order valence-electron chi connectivity index (χ4n) is 1.67. The number of amides is 2. The van der Waals surface area contributed by atoms with E-state index >= 15 is 0 Å². The number of pyridine rings is 1. The van der Waals surface area contributed by atoms with Crippen LogP contribution in [0.3, 0.4) is 0 Å². The van der Waals surface area contributed by atoms with Crippen molar-refractivity contribution in [2.45, 2.75) is 13.5 Å². The third-order valence-electron chi connectivity index (χ3n) is 2.70. The van der Waals surface area contributed by atoms with Gasteiger partial charge in [-0.05, 0) is 36.4 Å². The van der Waals surface area contributed by atoms with Crippen LogP contribution in [0.5, 0.6) is 0 Å². The van der Waals surface area contributed by atoms with Crippen LogP contribution in [0.25, 0.3) is 0 Å². The van der Waals surface area contributed by atoms with Crippen molar-refractivity contribution < 1.29 is 9.59 Å². The minimum atomic E-state index is -0.246. The van der Waals surface area contributed by atoms with E-state index in [9.17, 15) is 9.59 Å². The van der Waals surface area contributed by atoms with Crippen molar-refractivity contribution in [3.8, 4) is 0 Å². The molecule has 0 unspecified atom stereocenters. The van der Waals surface area contributed by atoms with Crippen molar-refractivity contribution >= 4 is 29.1 Å². The second-order valence-corrected chi connectivity index (χ2v) is 4.84. The molecule has 5 nitrogen and oxygen atoms in total. The Morgan fingerprint density at radius 3 is 2.57 bits per heavy atom. The smallest absolute Gasteiger partial charge is 0.255 e. The predicted molar refractivity (Wildman–Crippen MR) is 81.2 cm³/mol. The minimum absolute atomic E-state index is 0.146. The van der Waals surface area contributed by atoms with Gasteiger partial charge in [-0.2, -0.15) is 0 Å². The maximum Gasteiger partial charge on any atom is 0.255 e. The first-order chi connectivity index (χ1) is 10.0. The Labute approximate surface area is 127 Å². The van der Waals surface area contributed by atoms with E-state index in [2.05, 4.69) is 15.6 Å². The van der Waals surface area contributed by atoms with Gasteiger partial charge in [0.05, 0.1) is 12.2 Å². The summed E-state index contributed by atoms with van der Waals surface area (Å²) in [4.78, 5) is 27.1. The van der Waals surface area contributed by atoms with Crippen LogP contribution in [-0.2, 0) is 11.3 Å². The molecule has 0 spiro atoms. The summed E-state index contributed by atoms with van der Waals surface area (Å²) < 4.78 is 0. The lowest BCUT2D eigenvalue weighted by Gasteiger charge is -2.07. The molecule has 0 saturated carbocycles. The van der Waals surface area contributed by atoms with Crippen LogP contribution in [0.15, 0.2) is 42.6 Å². The zero-order valence-corrected chi connectivity index (χ0v) is 12.1. The molecule has 0 bridgehead atoms. The van der Waals surface area contributed by atoms with Crippen molar-refractivity contribution in [3.63, 3.8) is 0 Å². The maximum absolute atomic E-state index is 12.1. The van der Waals surface area contributed by atoms with Crippen LogP contribution in [0, 0.1) is 0 Å². The zero-order chi connectivity index (χ0) is 15.2. The summed E-state index contributed by atoms with van der Waals surface area (Å²) in [5.41, 5.74) is 1.75. The van der Waals surface area contributed by atoms with Crippen LogP contribution < -0.4 is 10.6 Å². The summed E-state index contributed by atoms with van der Waals surface area (Å²) in [5.74, 6) is -0.392. The van der Waals surface area contributed by atoms with Crippen LogP contribution >= 0.6 is 11.6 Å². The molecule has 0 atom stereocenters. The van der Waals surface area contributed by atoms with E-state index in [-0.39, 0.29) is 18.4 Å². The lowest BCUT2D eigenvalue weighted by atomic mass is 10.2. The number of halogens is 1. The fraction of sp³-hybridized carbons (Fsp3) is 0.133. The van der Waals surface area contributed by atoms with Gasteiger partial charge in [-0.3, -0.25) is 14.6 Å². The largest absolute Gasteiger partial charge is 0.351 e. The summed E-state index contributed by atoms with van der Waals surface area (Å²) >= 11 is 5.79. The van der Waals surface area contributed by atoms with E-state index in [1.165, 1.54) is 13.1 Å². The van der Waals surface area contributed by atoms with E-state index in [0.717, 1.165) is 0 Å². The molecule has 2 rings (SSSR count). The molecule has 0 aliphatic rings. The summed E-state index contributed by atoms with van der Waals surface area (Å²) in [7, 11) is 0. The normalized spacial score (nSPS) is 10.0. The number of benzene rings is 1. The quantitative estimate of drug-likeness (QED) is 0.912. The first-order valence-corrected chi connectivity index (χ1v) is 6.68. The van der Waals surface area contributed by atoms with E-state index in [1.54, 1.807) is 36.4 Å². The van der Waals surface area contributed by atoms with Gasteiger partial charge in [-0.15, -0.1) is 0 Å². The Bertz CT molecular complexity index is 656. The fourth-order valence-corrected chi connectivity index (χ4v) is 1.79. The summed E-state index contributed by atoms with van der Waals surface area (Å²) in [6, 6.07) is 10.1. The number of carbonyl (C=O) groups is 2. The molecule has 0 saturated heterocycles. The molecule has 2 aromatic rings. The monoisotopic (exact) mass is 303 g/mol. The molecule has 1 aromatic carbocycles. The number of aromatic nitrogens is 1. The second kappa shape index (κ2) is 6.85. The first kappa shape index (κ1) is 15.0. The van der Waals surface area contributed by atoms with Crippen molar-refractivity contribution in [3.05, 3.63) is 58.9 Å². The molecule has 0 aliphatic heterocycles. The predicted octanol–water partition coefficient (Wildman–Crippen LogP) is 2.62. The molecule has 108 valence electrons. The van der Waals surface area contributed by atoms with Crippen molar-refractivity contribution in [1.82, 2.24) is 10.3 Å². The van der Waals surface area contributed by atoms with Gasteiger partial charge in [0.25, 0.3) is 5.91 Å². The number of rotatable bonds is 4. The molecule has 2 amide bonds. The molecule has 0 fully saturated rings. The zero-order valence-electron chi connectivity index (χ0n) is 11.4. The maximum atomic E-state index is 12.1. The van der Waals surface area contributed by atoms with E-state index < -0.39 is 0 Å². The molecule has 1 heterocycles. The highest BCUT2D eigenvalue weighted by atomic mass is 35.5. The van der Waals surface area contributed by atoms with Gasteiger partial charge in [-0.25, -0.2) is 0 Å². The van der Waals surface area contributed by atoms with Gasteiger partial charge < -0.3 is 10.6 Å². The number of anilines is 1. The molecule has 0 aliphatic carbocycles. The molecule has 1 aromatic heterocycles. The van der Waals surface area contributed by atoms with Crippen LogP contribution in [0.2, 0.25) is 5.02 Å². The summed E-state index contributed by atoms with van der Waals surface area (Å²) in [5, 5.41) is 6.01. The summed E-state index contributed by atoms with van der Waals surface area (Å²) in [6.45, 7) is 1.72. The Balaban J connectivity index is 2.06. The van der Waals surface area contributed by atoms with Crippen molar-refractivity contribution in [1.29, 1.82) is 0 Å². The highest BCUT2D eigenvalue weighted by Crippen LogP contribution is 2.14.